The number of aliphatic hydroxyl groups excluding tert-OH is 1. The first-order chi connectivity index (χ1) is 12.2. The normalized spacial score (nSPS) is 11.3. The monoisotopic (exact) mass is 352 g/mol. The molecule has 0 spiro atoms. The molecule has 25 heavy (non-hydrogen) atoms. The number of benzene rings is 2. The Labute approximate surface area is 150 Å². The van der Waals surface area contributed by atoms with Crippen LogP contribution in [0.3, 0.4) is 0 Å². The number of aryl methyl sites for hydroxylation is 1. The highest BCUT2D eigenvalue weighted by Crippen LogP contribution is 2.30. The van der Waals surface area contributed by atoms with Gasteiger partial charge in [0.25, 0.3) is 0 Å². The van der Waals surface area contributed by atoms with E-state index in [2.05, 4.69) is 23.2 Å². The zero-order valence-electron chi connectivity index (χ0n) is 13.7. The van der Waals surface area contributed by atoms with Crippen LogP contribution in [0.15, 0.2) is 54.7 Å². The van der Waals surface area contributed by atoms with Gasteiger partial charge in [0.1, 0.15) is 0 Å². The van der Waals surface area contributed by atoms with Crippen molar-refractivity contribution >= 4 is 22.5 Å². The lowest BCUT2D eigenvalue weighted by molar-refractivity contribution is 0.276. The van der Waals surface area contributed by atoms with Crippen molar-refractivity contribution in [3.05, 3.63) is 65.4 Å². The predicted molar refractivity (Wildman–Crippen MR) is 98.9 cm³/mol. The van der Waals surface area contributed by atoms with Gasteiger partial charge in [-0.2, -0.15) is 10.2 Å². The molecule has 0 aliphatic carbocycles. The van der Waals surface area contributed by atoms with E-state index in [1.54, 1.807) is 4.68 Å². The minimum absolute atomic E-state index is 0.125. The Bertz CT molecular complexity index is 1050. The molecule has 126 valence electrons. The third-order valence-corrected chi connectivity index (χ3v) is 4.56. The highest BCUT2D eigenvalue weighted by atomic mass is 35.5. The quantitative estimate of drug-likeness (QED) is 0.602. The third kappa shape index (κ3) is 2.71. The Morgan fingerprint density at radius 1 is 1.12 bits per heavy atom. The summed E-state index contributed by atoms with van der Waals surface area (Å²) in [5.74, 6) is 0. The van der Waals surface area contributed by atoms with E-state index in [4.69, 9.17) is 11.6 Å². The summed E-state index contributed by atoms with van der Waals surface area (Å²) in [6.45, 7) is 2.75. The van der Waals surface area contributed by atoms with Gasteiger partial charge >= 0.3 is 0 Å². The van der Waals surface area contributed by atoms with Crippen molar-refractivity contribution in [2.24, 2.45) is 0 Å². The molecule has 5 nitrogen and oxygen atoms in total. The maximum absolute atomic E-state index is 9.54. The first-order valence-electron chi connectivity index (χ1n) is 8.12. The van der Waals surface area contributed by atoms with E-state index in [1.807, 2.05) is 53.3 Å². The average molecular weight is 353 g/mol. The van der Waals surface area contributed by atoms with Gasteiger partial charge in [0, 0.05) is 17.5 Å². The van der Waals surface area contributed by atoms with E-state index in [1.165, 1.54) is 0 Å². The van der Waals surface area contributed by atoms with Crippen LogP contribution >= 0.6 is 11.6 Å². The van der Waals surface area contributed by atoms with Crippen molar-refractivity contribution in [3.8, 4) is 16.9 Å². The van der Waals surface area contributed by atoms with Gasteiger partial charge in [-0.1, -0.05) is 35.9 Å². The van der Waals surface area contributed by atoms with Gasteiger partial charge in [-0.25, -0.2) is 4.68 Å². The number of hydrogen-bond donors (Lipinski definition) is 1. The molecule has 2 aromatic heterocycles. The second kappa shape index (κ2) is 6.35. The lowest BCUT2D eigenvalue weighted by Crippen LogP contribution is -2.01. The lowest BCUT2D eigenvalue weighted by atomic mass is 10.1. The fourth-order valence-corrected chi connectivity index (χ4v) is 3.22. The topological polar surface area (TPSA) is 55.9 Å². The van der Waals surface area contributed by atoms with Crippen LogP contribution in [-0.4, -0.2) is 24.7 Å². The summed E-state index contributed by atoms with van der Waals surface area (Å²) in [7, 11) is 0. The van der Waals surface area contributed by atoms with Crippen LogP contribution in [0.25, 0.3) is 27.8 Å². The Morgan fingerprint density at radius 2 is 1.96 bits per heavy atom. The first kappa shape index (κ1) is 15.9. The van der Waals surface area contributed by atoms with E-state index in [9.17, 15) is 5.11 Å². The van der Waals surface area contributed by atoms with Gasteiger partial charge in [0.05, 0.1) is 40.4 Å². The third-order valence-electron chi connectivity index (χ3n) is 4.24. The summed E-state index contributed by atoms with van der Waals surface area (Å²) in [5, 5.41) is 20.1. The molecule has 6 heteroatoms. The number of aromatic nitrogens is 4. The summed E-state index contributed by atoms with van der Waals surface area (Å²) < 4.78 is 3.74. The molecule has 2 aromatic carbocycles. The van der Waals surface area contributed by atoms with Crippen LogP contribution in [0.1, 0.15) is 12.6 Å². The van der Waals surface area contributed by atoms with E-state index in [0.717, 1.165) is 34.4 Å². The zero-order valence-corrected chi connectivity index (χ0v) is 14.5. The Kier molecular flexibility index (Phi) is 4.03. The number of rotatable bonds is 4. The standard InChI is InChI=1S/C19H17ClN4O/c1-2-23-18-9-13(7-8-14(18)11-21-23)19-10-15(12-25)22-24(19)17-6-4-3-5-16(17)20/h3-11,25H,2,12H2,1H3. The summed E-state index contributed by atoms with van der Waals surface area (Å²) >= 11 is 6.36. The molecular formula is C19H17ClN4O. The molecule has 4 aromatic rings. The molecule has 0 aliphatic heterocycles. The zero-order chi connectivity index (χ0) is 17.4. The van der Waals surface area contributed by atoms with Gasteiger partial charge in [-0.3, -0.25) is 4.68 Å². The molecule has 0 amide bonds. The van der Waals surface area contributed by atoms with Crippen LogP contribution in [-0.2, 0) is 13.2 Å². The van der Waals surface area contributed by atoms with Gasteiger partial charge in [0.2, 0.25) is 0 Å². The molecule has 0 saturated heterocycles. The summed E-state index contributed by atoms with van der Waals surface area (Å²) in [4.78, 5) is 0. The number of hydrogen-bond acceptors (Lipinski definition) is 3. The number of nitrogens with zero attached hydrogens (tertiary/aromatic N) is 4. The molecule has 4 rings (SSSR count). The molecule has 0 saturated carbocycles. The average Bonchev–Trinajstić information content (AvgIpc) is 3.25. The van der Waals surface area contributed by atoms with Crippen LogP contribution in [0.5, 0.6) is 0 Å². The van der Waals surface area contributed by atoms with Crippen molar-refractivity contribution in [1.82, 2.24) is 19.6 Å². The van der Waals surface area contributed by atoms with Crippen LogP contribution in [0.4, 0.5) is 0 Å². The van der Waals surface area contributed by atoms with Crippen molar-refractivity contribution in [1.29, 1.82) is 0 Å². The SMILES string of the molecule is CCn1ncc2ccc(-c3cc(CO)nn3-c3ccccc3Cl)cc21. The van der Waals surface area contributed by atoms with Gasteiger partial charge in [0.15, 0.2) is 0 Å². The van der Waals surface area contributed by atoms with Crippen molar-refractivity contribution in [3.63, 3.8) is 0 Å². The number of halogens is 1. The van der Waals surface area contributed by atoms with E-state index in [-0.39, 0.29) is 6.61 Å². The molecule has 2 heterocycles. The van der Waals surface area contributed by atoms with Gasteiger partial charge in [-0.15, -0.1) is 0 Å². The molecule has 0 aliphatic rings. The Hall–Kier alpha value is -2.63. The minimum Gasteiger partial charge on any atom is -0.390 e. The Morgan fingerprint density at radius 3 is 2.72 bits per heavy atom. The molecule has 0 radical (unpaired) electrons. The van der Waals surface area contributed by atoms with Gasteiger partial charge < -0.3 is 5.11 Å². The predicted octanol–water partition coefficient (Wildman–Crippen LogP) is 4.05. The number of aliphatic hydroxyl groups is 1. The smallest absolute Gasteiger partial charge is 0.0889 e. The largest absolute Gasteiger partial charge is 0.390 e. The second-order valence-electron chi connectivity index (χ2n) is 5.78. The van der Waals surface area contributed by atoms with Crippen molar-refractivity contribution in [2.45, 2.75) is 20.1 Å². The summed E-state index contributed by atoms with van der Waals surface area (Å²) in [6.07, 6.45) is 1.87. The molecule has 0 atom stereocenters. The van der Waals surface area contributed by atoms with Crippen molar-refractivity contribution in [2.75, 3.05) is 0 Å². The van der Waals surface area contributed by atoms with Gasteiger partial charge in [-0.05, 0) is 31.2 Å². The fraction of sp³-hybridized carbons (Fsp3) is 0.158. The van der Waals surface area contributed by atoms with Crippen LogP contribution in [0, 0.1) is 0 Å². The van der Waals surface area contributed by atoms with E-state index in [0.29, 0.717) is 10.7 Å². The highest BCUT2D eigenvalue weighted by molar-refractivity contribution is 6.32. The summed E-state index contributed by atoms with van der Waals surface area (Å²) in [5.41, 5.74) is 4.32. The van der Waals surface area contributed by atoms with Crippen LogP contribution < -0.4 is 0 Å². The Balaban J connectivity index is 1.93. The highest BCUT2D eigenvalue weighted by Gasteiger charge is 2.14. The maximum atomic E-state index is 9.54. The van der Waals surface area contributed by atoms with Crippen molar-refractivity contribution < 1.29 is 5.11 Å². The van der Waals surface area contributed by atoms with Crippen LogP contribution in [0.2, 0.25) is 5.02 Å². The number of fused-ring (bicyclic) bond motifs is 1. The second-order valence-corrected chi connectivity index (χ2v) is 6.18. The lowest BCUT2D eigenvalue weighted by Gasteiger charge is -2.10. The van der Waals surface area contributed by atoms with E-state index >= 15 is 0 Å². The first-order valence-corrected chi connectivity index (χ1v) is 8.49. The summed E-state index contributed by atoms with van der Waals surface area (Å²) in [6, 6.07) is 15.6. The minimum atomic E-state index is -0.125. The molecule has 1 N–H and O–H groups in total. The molecule has 0 bridgehead atoms. The molecular weight excluding hydrogens is 336 g/mol. The maximum Gasteiger partial charge on any atom is 0.0889 e. The number of para-hydroxylation sites is 1. The fourth-order valence-electron chi connectivity index (χ4n) is 3.00. The molecule has 0 unspecified atom stereocenters. The van der Waals surface area contributed by atoms with E-state index < -0.39 is 0 Å². The molecule has 0 fully saturated rings.